The van der Waals surface area contributed by atoms with Crippen molar-refractivity contribution < 1.29 is 19.5 Å². The van der Waals surface area contributed by atoms with Gasteiger partial charge in [-0.25, -0.2) is 4.79 Å². The van der Waals surface area contributed by atoms with Gasteiger partial charge in [0.1, 0.15) is 11.7 Å². The number of hydrogen-bond donors (Lipinski definition) is 3. The zero-order chi connectivity index (χ0) is 19.4. The topological polar surface area (TPSA) is 131 Å². The zero-order valence-corrected chi connectivity index (χ0v) is 15.1. The Balaban J connectivity index is 2.15. The van der Waals surface area contributed by atoms with E-state index in [0.29, 0.717) is 6.54 Å². The van der Waals surface area contributed by atoms with Crippen LogP contribution in [-0.4, -0.2) is 49.0 Å². The highest BCUT2D eigenvalue weighted by molar-refractivity contribution is 6.07. The van der Waals surface area contributed by atoms with Crippen molar-refractivity contribution in [3.8, 4) is 0 Å². The van der Waals surface area contributed by atoms with Crippen LogP contribution < -0.4 is 10.6 Å². The second kappa shape index (κ2) is 7.81. The molecule has 0 aliphatic carbocycles. The van der Waals surface area contributed by atoms with Crippen molar-refractivity contribution in [1.82, 2.24) is 24.9 Å². The third-order valence-corrected chi connectivity index (χ3v) is 3.67. The van der Waals surface area contributed by atoms with Gasteiger partial charge in [0.15, 0.2) is 5.69 Å². The minimum absolute atomic E-state index is 0.0375. The van der Waals surface area contributed by atoms with Crippen molar-refractivity contribution in [3.63, 3.8) is 0 Å². The van der Waals surface area contributed by atoms with Gasteiger partial charge < -0.3 is 15.7 Å². The van der Waals surface area contributed by atoms with Crippen molar-refractivity contribution in [1.29, 1.82) is 0 Å². The summed E-state index contributed by atoms with van der Waals surface area (Å²) in [6.07, 6.45) is 2.78. The summed E-state index contributed by atoms with van der Waals surface area (Å²) in [6.45, 7) is 5.89. The van der Waals surface area contributed by atoms with Crippen LogP contribution in [0.5, 0.6) is 0 Å². The van der Waals surface area contributed by atoms with Gasteiger partial charge in [-0.3, -0.25) is 19.0 Å². The number of carboxylic acid groups (broad SMARTS) is 1. The predicted octanol–water partition coefficient (Wildman–Crippen LogP) is 0.900. The van der Waals surface area contributed by atoms with E-state index in [1.807, 2.05) is 13.8 Å². The smallest absolute Gasteiger partial charge is 0.328 e. The van der Waals surface area contributed by atoms with Gasteiger partial charge in [-0.05, 0) is 18.9 Å². The molecule has 1 atom stereocenters. The van der Waals surface area contributed by atoms with E-state index in [2.05, 4.69) is 20.8 Å². The molecule has 26 heavy (non-hydrogen) atoms. The van der Waals surface area contributed by atoms with Gasteiger partial charge in [-0.15, -0.1) is 0 Å². The number of aryl methyl sites for hydroxylation is 1. The first kappa shape index (κ1) is 19.2. The second-order valence-electron chi connectivity index (χ2n) is 6.28. The van der Waals surface area contributed by atoms with Crippen molar-refractivity contribution >= 4 is 23.5 Å². The van der Waals surface area contributed by atoms with Crippen LogP contribution in [0.3, 0.4) is 0 Å². The number of carbonyl (C=O) groups is 3. The zero-order valence-electron chi connectivity index (χ0n) is 15.1. The molecule has 0 fully saturated rings. The highest BCUT2D eigenvalue weighted by Gasteiger charge is 2.21. The van der Waals surface area contributed by atoms with Crippen LogP contribution in [0.1, 0.15) is 47.8 Å². The summed E-state index contributed by atoms with van der Waals surface area (Å²) in [5, 5.41) is 22.3. The number of carboxylic acids is 1. The Morgan fingerprint density at radius 3 is 2.54 bits per heavy atom. The Bertz CT molecular complexity index is 823. The fourth-order valence-corrected chi connectivity index (χ4v) is 2.15. The maximum Gasteiger partial charge on any atom is 0.328 e. The molecule has 2 aromatic heterocycles. The van der Waals surface area contributed by atoms with E-state index in [-0.39, 0.29) is 28.9 Å². The molecule has 2 heterocycles. The van der Waals surface area contributed by atoms with E-state index in [1.165, 1.54) is 34.7 Å². The van der Waals surface area contributed by atoms with E-state index >= 15 is 0 Å². The molecule has 0 aromatic carbocycles. The van der Waals surface area contributed by atoms with Crippen molar-refractivity contribution in [2.24, 2.45) is 13.0 Å². The summed E-state index contributed by atoms with van der Waals surface area (Å²) in [7, 11) is 1.60. The van der Waals surface area contributed by atoms with Crippen molar-refractivity contribution in [2.45, 2.75) is 26.8 Å². The SMILES string of the molecule is CC(C)CNC(=O)c1c(NC(=O)c2ccn(C(C)C(=O)O)n2)cnn1C. The number of amides is 2. The molecule has 10 nitrogen and oxygen atoms in total. The van der Waals surface area contributed by atoms with Crippen molar-refractivity contribution in [3.05, 3.63) is 29.8 Å². The second-order valence-corrected chi connectivity index (χ2v) is 6.28. The van der Waals surface area contributed by atoms with Gasteiger partial charge >= 0.3 is 5.97 Å². The molecule has 3 N–H and O–H groups in total. The molecule has 0 aliphatic heterocycles. The van der Waals surface area contributed by atoms with Crippen LogP contribution in [0.25, 0.3) is 0 Å². The molecule has 0 radical (unpaired) electrons. The van der Waals surface area contributed by atoms with E-state index < -0.39 is 17.9 Å². The molecule has 0 aliphatic rings. The van der Waals surface area contributed by atoms with Gasteiger partial charge in [0.05, 0.1) is 11.9 Å². The summed E-state index contributed by atoms with van der Waals surface area (Å²) >= 11 is 0. The standard InChI is InChI=1S/C16H22N6O4/c1-9(2)7-17-15(24)13-12(8-18-21(13)4)19-14(23)11-5-6-22(20-11)10(3)16(25)26/h5-6,8-10H,7H2,1-4H3,(H,17,24)(H,19,23)(H,25,26). The number of anilines is 1. The number of rotatable bonds is 7. The Labute approximate surface area is 150 Å². The number of aliphatic carboxylic acids is 1. The first-order valence-corrected chi connectivity index (χ1v) is 8.10. The molecule has 0 spiro atoms. The lowest BCUT2D eigenvalue weighted by Gasteiger charge is -2.10. The molecule has 2 rings (SSSR count). The van der Waals surface area contributed by atoms with E-state index in [4.69, 9.17) is 5.11 Å². The normalized spacial score (nSPS) is 12.0. The third kappa shape index (κ3) is 4.26. The molecular weight excluding hydrogens is 340 g/mol. The summed E-state index contributed by atoms with van der Waals surface area (Å²) in [4.78, 5) is 35.7. The predicted molar refractivity (Wildman–Crippen MR) is 92.9 cm³/mol. The molecular formula is C16H22N6O4. The van der Waals surface area contributed by atoms with Gasteiger partial charge in [-0.1, -0.05) is 13.8 Å². The number of nitrogens with zero attached hydrogens (tertiary/aromatic N) is 4. The van der Waals surface area contributed by atoms with Gasteiger partial charge in [0.25, 0.3) is 11.8 Å². The third-order valence-electron chi connectivity index (χ3n) is 3.67. The fourth-order valence-electron chi connectivity index (χ4n) is 2.15. The first-order valence-electron chi connectivity index (χ1n) is 8.10. The largest absolute Gasteiger partial charge is 0.480 e. The Morgan fingerprint density at radius 1 is 1.23 bits per heavy atom. The number of carbonyl (C=O) groups excluding carboxylic acids is 2. The summed E-state index contributed by atoms with van der Waals surface area (Å²) in [5.74, 6) is -1.69. The highest BCUT2D eigenvalue weighted by atomic mass is 16.4. The molecule has 0 saturated heterocycles. The lowest BCUT2D eigenvalue weighted by molar-refractivity contribution is -0.140. The first-order chi connectivity index (χ1) is 12.2. The van der Waals surface area contributed by atoms with Crippen LogP contribution in [0.2, 0.25) is 0 Å². The van der Waals surface area contributed by atoms with Crippen LogP contribution in [0.4, 0.5) is 5.69 Å². The van der Waals surface area contributed by atoms with Crippen LogP contribution in [-0.2, 0) is 11.8 Å². The Hall–Kier alpha value is -3.17. The van der Waals surface area contributed by atoms with Gasteiger partial charge in [0, 0.05) is 19.8 Å². The van der Waals surface area contributed by atoms with E-state index in [9.17, 15) is 14.4 Å². The summed E-state index contributed by atoms with van der Waals surface area (Å²) in [5.41, 5.74) is 0.507. The minimum atomic E-state index is -1.06. The van der Waals surface area contributed by atoms with E-state index in [1.54, 1.807) is 7.05 Å². The summed E-state index contributed by atoms with van der Waals surface area (Å²) < 4.78 is 2.55. The van der Waals surface area contributed by atoms with Crippen molar-refractivity contribution in [2.75, 3.05) is 11.9 Å². The fraction of sp³-hybridized carbons (Fsp3) is 0.438. The van der Waals surface area contributed by atoms with Crippen LogP contribution in [0, 0.1) is 5.92 Å². The monoisotopic (exact) mass is 362 g/mol. The van der Waals surface area contributed by atoms with Crippen LogP contribution in [0.15, 0.2) is 18.5 Å². The molecule has 2 aromatic rings. The van der Waals surface area contributed by atoms with Gasteiger partial charge in [-0.2, -0.15) is 10.2 Å². The number of nitrogens with one attached hydrogen (secondary N) is 2. The minimum Gasteiger partial charge on any atom is -0.480 e. The lowest BCUT2D eigenvalue weighted by atomic mass is 10.2. The molecule has 0 bridgehead atoms. The summed E-state index contributed by atoms with van der Waals surface area (Å²) in [6, 6.07) is 0.510. The van der Waals surface area contributed by atoms with Crippen LogP contribution >= 0.6 is 0 Å². The molecule has 2 amide bonds. The Kier molecular flexibility index (Phi) is 5.75. The highest BCUT2D eigenvalue weighted by Crippen LogP contribution is 2.16. The van der Waals surface area contributed by atoms with Gasteiger partial charge in [0.2, 0.25) is 0 Å². The molecule has 10 heteroatoms. The lowest BCUT2D eigenvalue weighted by Crippen LogP contribution is -2.30. The Morgan fingerprint density at radius 2 is 1.92 bits per heavy atom. The number of aromatic nitrogens is 4. The molecule has 0 saturated carbocycles. The van der Waals surface area contributed by atoms with E-state index in [0.717, 1.165) is 0 Å². The maximum atomic E-state index is 12.4. The average Bonchev–Trinajstić information content (AvgIpc) is 3.19. The average molecular weight is 362 g/mol. The quantitative estimate of drug-likeness (QED) is 0.671. The molecule has 140 valence electrons. The molecule has 1 unspecified atom stereocenters. The number of hydrogen-bond acceptors (Lipinski definition) is 5. The maximum absolute atomic E-state index is 12.4.